The van der Waals surface area contributed by atoms with Crippen molar-refractivity contribution in [3.63, 3.8) is 0 Å². The van der Waals surface area contributed by atoms with Crippen molar-refractivity contribution in [2.45, 2.75) is 25.8 Å². The van der Waals surface area contributed by atoms with Gasteiger partial charge >= 0.3 is 0 Å². The lowest BCUT2D eigenvalue weighted by Gasteiger charge is -2.25. The summed E-state index contributed by atoms with van der Waals surface area (Å²) < 4.78 is 16.3. The van der Waals surface area contributed by atoms with Gasteiger partial charge in [-0.3, -0.25) is 4.90 Å². The predicted octanol–water partition coefficient (Wildman–Crippen LogP) is 3.77. The average Bonchev–Trinajstić information content (AvgIpc) is 3.35. The van der Waals surface area contributed by atoms with Crippen LogP contribution in [0.3, 0.4) is 0 Å². The van der Waals surface area contributed by atoms with Crippen LogP contribution in [0, 0.1) is 0 Å². The fraction of sp³-hybridized carbons (Fsp3) is 0.455. The SMILES string of the molecule is COc1ccc(Nc2nc(CN3CCOCC3)nc3sc4c(c23)CCC4)cc1OC. The van der Waals surface area contributed by atoms with E-state index in [9.17, 15) is 0 Å². The lowest BCUT2D eigenvalue weighted by atomic mass is 10.2. The van der Waals surface area contributed by atoms with Crippen LogP contribution in [0.2, 0.25) is 0 Å². The number of thiophene rings is 1. The van der Waals surface area contributed by atoms with Gasteiger partial charge in [-0.2, -0.15) is 0 Å². The zero-order chi connectivity index (χ0) is 20.5. The van der Waals surface area contributed by atoms with Gasteiger partial charge in [0.1, 0.15) is 16.5 Å². The molecule has 0 atom stereocenters. The van der Waals surface area contributed by atoms with E-state index in [-0.39, 0.29) is 0 Å². The first kappa shape index (κ1) is 19.5. The van der Waals surface area contributed by atoms with Crippen LogP contribution in [-0.4, -0.2) is 55.4 Å². The quantitative estimate of drug-likeness (QED) is 0.643. The summed E-state index contributed by atoms with van der Waals surface area (Å²) in [5.41, 5.74) is 2.33. The van der Waals surface area contributed by atoms with E-state index in [0.29, 0.717) is 11.5 Å². The number of benzene rings is 1. The van der Waals surface area contributed by atoms with Crippen LogP contribution >= 0.6 is 11.3 Å². The number of nitrogens with zero attached hydrogens (tertiary/aromatic N) is 3. The number of hydrogen-bond donors (Lipinski definition) is 1. The fourth-order valence-electron chi connectivity index (χ4n) is 4.21. The van der Waals surface area contributed by atoms with Crippen molar-refractivity contribution in [3.05, 3.63) is 34.5 Å². The molecule has 1 saturated heterocycles. The summed E-state index contributed by atoms with van der Waals surface area (Å²) in [7, 11) is 3.29. The van der Waals surface area contributed by atoms with Crippen molar-refractivity contribution in [2.24, 2.45) is 0 Å². The number of ether oxygens (including phenoxy) is 3. The Morgan fingerprint density at radius 2 is 1.93 bits per heavy atom. The highest BCUT2D eigenvalue weighted by Gasteiger charge is 2.23. The molecule has 3 aromatic rings. The summed E-state index contributed by atoms with van der Waals surface area (Å²) >= 11 is 1.82. The van der Waals surface area contributed by atoms with Crippen LogP contribution in [-0.2, 0) is 24.1 Å². The molecular weight excluding hydrogens is 400 g/mol. The van der Waals surface area contributed by atoms with Gasteiger partial charge in [-0.15, -0.1) is 11.3 Å². The molecule has 1 aliphatic carbocycles. The Hall–Kier alpha value is -2.42. The van der Waals surface area contributed by atoms with E-state index in [0.717, 1.165) is 67.8 Å². The van der Waals surface area contributed by atoms with Gasteiger partial charge in [0.05, 0.1) is 39.4 Å². The molecule has 1 aromatic carbocycles. The lowest BCUT2D eigenvalue weighted by Crippen LogP contribution is -2.36. The van der Waals surface area contributed by atoms with Gasteiger partial charge in [0, 0.05) is 29.7 Å². The second-order valence-electron chi connectivity index (χ2n) is 7.61. The average molecular weight is 427 g/mol. The molecule has 7 nitrogen and oxygen atoms in total. The molecule has 3 heterocycles. The fourth-order valence-corrected chi connectivity index (χ4v) is 5.49. The molecule has 0 saturated carbocycles. The number of morpholine rings is 1. The van der Waals surface area contributed by atoms with E-state index in [2.05, 4.69) is 10.2 Å². The van der Waals surface area contributed by atoms with Crippen LogP contribution in [0.5, 0.6) is 11.5 Å². The number of anilines is 2. The second kappa shape index (κ2) is 8.37. The van der Waals surface area contributed by atoms with Crippen molar-refractivity contribution in [3.8, 4) is 11.5 Å². The second-order valence-corrected chi connectivity index (χ2v) is 8.69. The zero-order valence-electron chi connectivity index (χ0n) is 17.4. The van der Waals surface area contributed by atoms with Gasteiger partial charge in [-0.25, -0.2) is 9.97 Å². The monoisotopic (exact) mass is 426 g/mol. The molecule has 5 rings (SSSR count). The molecule has 1 fully saturated rings. The number of nitrogens with one attached hydrogen (secondary N) is 1. The molecule has 1 aliphatic heterocycles. The summed E-state index contributed by atoms with van der Waals surface area (Å²) in [6.45, 7) is 4.11. The van der Waals surface area contributed by atoms with E-state index in [1.807, 2.05) is 29.5 Å². The van der Waals surface area contributed by atoms with Crippen LogP contribution < -0.4 is 14.8 Å². The van der Waals surface area contributed by atoms with Gasteiger partial charge in [0.25, 0.3) is 0 Å². The minimum Gasteiger partial charge on any atom is -0.493 e. The molecule has 158 valence electrons. The van der Waals surface area contributed by atoms with E-state index in [4.69, 9.17) is 24.2 Å². The highest BCUT2D eigenvalue weighted by atomic mass is 32.1. The standard InChI is InChI=1S/C22H26N4O3S/c1-27-16-7-6-14(12-17(16)28-2)23-21-20-15-4-3-5-18(15)30-22(20)25-19(24-21)13-26-8-10-29-11-9-26/h6-7,12H,3-5,8-11,13H2,1-2H3,(H,23,24,25). The topological polar surface area (TPSA) is 68.7 Å². The molecule has 8 heteroatoms. The van der Waals surface area contributed by atoms with Crippen LogP contribution in [0.15, 0.2) is 18.2 Å². The van der Waals surface area contributed by atoms with Crippen molar-refractivity contribution in [1.29, 1.82) is 0 Å². The van der Waals surface area contributed by atoms with E-state index < -0.39 is 0 Å². The number of rotatable bonds is 6. The van der Waals surface area contributed by atoms with E-state index in [1.54, 1.807) is 14.2 Å². The van der Waals surface area contributed by atoms with Gasteiger partial charge in [0.2, 0.25) is 0 Å². The zero-order valence-corrected chi connectivity index (χ0v) is 18.2. The molecule has 0 bridgehead atoms. The third kappa shape index (κ3) is 3.71. The van der Waals surface area contributed by atoms with Gasteiger partial charge in [0.15, 0.2) is 11.5 Å². The minimum atomic E-state index is 0.692. The van der Waals surface area contributed by atoms with Gasteiger partial charge in [-0.1, -0.05) is 0 Å². The number of aryl methyl sites for hydroxylation is 2. The van der Waals surface area contributed by atoms with Crippen molar-refractivity contribution in [1.82, 2.24) is 14.9 Å². The smallest absolute Gasteiger partial charge is 0.162 e. The summed E-state index contributed by atoms with van der Waals surface area (Å²) in [4.78, 5) is 14.8. The third-order valence-corrected chi connectivity index (χ3v) is 6.91. The van der Waals surface area contributed by atoms with Crippen LogP contribution in [0.4, 0.5) is 11.5 Å². The first-order valence-corrected chi connectivity index (χ1v) is 11.2. The molecule has 0 amide bonds. The predicted molar refractivity (Wildman–Crippen MR) is 118 cm³/mol. The Morgan fingerprint density at radius 1 is 1.10 bits per heavy atom. The number of methoxy groups -OCH3 is 2. The van der Waals surface area contributed by atoms with Crippen molar-refractivity contribution >= 4 is 33.1 Å². The first-order chi connectivity index (χ1) is 14.7. The Morgan fingerprint density at radius 3 is 2.73 bits per heavy atom. The van der Waals surface area contributed by atoms with Crippen LogP contribution in [0.1, 0.15) is 22.7 Å². The minimum absolute atomic E-state index is 0.692. The number of hydrogen-bond acceptors (Lipinski definition) is 8. The Labute approximate surface area is 180 Å². The largest absolute Gasteiger partial charge is 0.493 e. The maximum Gasteiger partial charge on any atom is 0.162 e. The lowest BCUT2D eigenvalue weighted by molar-refractivity contribution is 0.0331. The van der Waals surface area contributed by atoms with Crippen LogP contribution in [0.25, 0.3) is 10.2 Å². The summed E-state index contributed by atoms with van der Waals surface area (Å²) in [5, 5.41) is 4.72. The number of fused-ring (bicyclic) bond motifs is 3. The molecule has 2 aromatic heterocycles. The maximum absolute atomic E-state index is 5.48. The molecular formula is C22H26N4O3S. The number of aromatic nitrogens is 2. The highest BCUT2D eigenvalue weighted by Crippen LogP contribution is 2.41. The highest BCUT2D eigenvalue weighted by molar-refractivity contribution is 7.19. The normalized spacial score (nSPS) is 16.6. The molecule has 0 radical (unpaired) electrons. The van der Waals surface area contributed by atoms with Gasteiger partial charge in [-0.05, 0) is 37.0 Å². The molecule has 0 unspecified atom stereocenters. The Bertz CT molecular complexity index is 1060. The maximum atomic E-state index is 5.48. The Kier molecular flexibility index (Phi) is 5.45. The van der Waals surface area contributed by atoms with Crippen molar-refractivity contribution < 1.29 is 14.2 Å². The molecule has 0 spiro atoms. The van der Waals surface area contributed by atoms with Gasteiger partial charge < -0.3 is 19.5 Å². The van der Waals surface area contributed by atoms with Crippen molar-refractivity contribution in [2.75, 3.05) is 45.8 Å². The summed E-state index contributed by atoms with van der Waals surface area (Å²) in [6, 6.07) is 5.84. The molecule has 2 aliphatic rings. The molecule has 30 heavy (non-hydrogen) atoms. The summed E-state index contributed by atoms with van der Waals surface area (Å²) in [6.07, 6.45) is 3.45. The van der Waals surface area contributed by atoms with E-state index >= 15 is 0 Å². The third-order valence-electron chi connectivity index (χ3n) is 5.73. The van der Waals surface area contributed by atoms with E-state index in [1.165, 1.54) is 22.2 Å². The molecule has 1 N–H and O–H groups in total. The first-order valence-electron chi connectivity index (χ1n) is 10.4. The Balaban J connectivity index is 1.53. The summed E-state index contributed by atoms with van der Waals surface area (Å²) in [5.74, 6) is 3.14.